The molecule has 0 aromatic heterocycles. The highest BCUT2D eigenvalue weighted by Gasteiger charge is 2.64. The van der Waals surface area contributed by atoms with Gasteiger partial charge in [-0.1, -0.05) is 88.0 Å². The van der Waals surface area contributed by atoms with Crippen molar-refractivity contribution in [3.63, 3.8) is 0 Å². The molecule has 28 heteroatoms. The highest BCUT2D eigenvalue weighted by molar-refractivity contribution is 9.09. The number of methoxy groups -OCH3 is 2. The van der Waals surface area contributed by atoms with Gasteiger partial charge in [-0.3, -0.25) is 34.1 Å². The van der Waals surface area contributed by atoms with Crippen molar-refractivity contribution in [1.82, 2.24) is 26.2 Å². The van der Waals surface area contributed by atoms with Crippen molar-refractivity contribution >= 4 is 108 Å². The lowest BCUT2D eigenvalue weighted by Crippen LogP contribution is -2.63. The van der Waals surface area contributed by atoms with Gasteiger partial charge in [-0.15, -0.1) is 0 Å². The number of esters is 2. The normalized spacial score (nSPS) is 23.9. The van der Waals surface area contributed by atoms with Gasteiger partial charge in [-0.2, -0.15) is 0 Å². The maximum absolute atomic E-state index is 14.5. The second-order valence-electron chi connectivity index (χ2n) is 24.2. The molecule has 2 aromatic rings. The molecular formula is C62H87Br2ClN8O17. The molecule has 2 saturated heterocycles. The second kappa shape index (κ2) is 32.7. The number of urea groups is 1. The molecule has 2 aromatic carbocycles. The van der Waals surface area contributed by atoms with Gasteiger partial charge >= 0.3 is 24.1 Å². The number of benzene rings is 2. The Bertz CT molecular complexity index is 3020. The fourth-order valence-electron chi connectivity index (χ4n) is 10.6. The molecule has 0 spiro atoms. The van der Waals surface area contributed by atoms with Gasteiger partial charge in [-0.25, -0.2) is 14.4 Å². The first-order chi connectivity index (χ1) is 42.2. The van der Waals surface area contributed by atoms with Gasteiger partial charge in [-0.05, 0) is 115 Å². The maximum atomic E-state index is 14.5. The van der Waals surface area contributed by atoms with E-state index in [4.69, 9.17) is 45.8 Å². The zero-order valence-corrected chi connectivity index (χ0v) is 56.9. The number of nitrogens with two attached hydrogens (primary N) is 1. The number of phenols is 1. The SMILES string of the molecule is COc1cc2cc(c1Cl)N(C)C(=O)C[C@H](OC(=O)[C@H](C)N(C)C(=O)c1ccc(NC(=O)[C@H](CCCNC(N)=O)NC(=O)[C@@H](NC(=O)CCCCC(C)(C)OC(=O)C(CBr)CBr)C(C)C)c(O)c1)[C@]1(C)O[C@H]1[C@H](C)[C@@H]1C[C@@](O)(NC(=O)O1)[C@H](OC)/C=C/C=C(\C)C2. The standard InChI is InChI=1S/C62H87Br2ClN8O17/c1-33(2)51(70-48(75)20-13-14-23-60(6,7)90-57(81)39(31-63)32-64)54(78)69-41(18-16-24-67-58(66)82)53(77)68-40-22-21-38(28-43(40)74)55(79)72(9)36(5)56(80)88-47-29-49(76)73(10)42-26-37(27-44(85-11)50(42)65)25-34(3)17-15-19-46(86-12)62(84)30-45(87-59(83)71-62)35(4)52-61(47,8)89-52/h15,17,19,21-22,26-28,33,35-36,39,41,45-47,51-52,74,84H,13-14,16,18,20,23-25,29-32H2,1-12H3,(H,68,77)(H,69,78)(H,70,75)(H,71,83)(H3,66,67,82)/b19-15+,34-17+/t35-,36+,41+,45+,46-,47+,51+,52+,61+,62+/m1/s1. The number of amides is 8. The number of aromatic hydroxyl groups is 1. The maximum Gasteiger partial charge on any atom is 0.409 e. The zero-order valence-electron chi connectivity index (χ0n) is 53.0. The number of unbranched alkanes of at least 4 members (excludes halogenated alkanes) is 1. The summed E-state index contributed by atoms with van der Waals surface area (Å²) in [6.45, 7) is 13.7. The van der Waals surface area contributed by atoms with Crippen LogP contribution >= 0.6 is 43.5 Å². The summed E-state index contributed by atoms with van der Waals surface area (Å²) >= 11 is 13.5. The van der Waals surface area contributed by atoms with Crippen LogP contribution in [-0.4, -0.2) is 174 Å². The number of nitrogens with one attached hydrogen (secondary N) is 5. The molecule has 498 valence electrons. The lowest BCUT2D eigenvalue weighted by molar-refractivity contribution is -0.161. The number of carbonyl (C=O) groups is 9. The third-order valence-corrected chi connectivity index (χ3v) is 18.3. The van der Waals surface area contributed by atoms with Crippen LogP contribution in [0.2, 0.25) is 5.02 Å². The quantitative estimate of drug-likeness (QED) is 0.0126. The summed E-state index contributed by atoms with van der Waals surface area (Å²) in [5.74, 6) is -6.23. The molecule has 4 bridgehead atoms. The molecule has 3 aliphatic heterocycles. The largest absolute Gasteiger partial charge is 0.506 e. The van der Waals surface area contributed by atoms with E-state index in [1.54, 1.807) is 65.8 Å². The molecule has 25 nitrogen and oxygen atoms in total. The molecule has 0 unspecified atom stereocenters. The number of alkyl halides is 2. The van der Waals surface area contributed by atoms with Crippen molar-refractivity contribution in [3.05, 3.63) is 70.3 Å². The Kier molecular flexibility index (Phi) is 26.9. The number of likely N-dealkylation sites (N-methyl/N-ethyl adjacent to an activating group) is 1. The average molecular weight is 1410 g/mol. The molecule has 3 aliphatic rings. The molecule has 0 aliphatic carbocycles. The van der Waals surface area contributed by atoms with E-state index in [9.17, 15) is 53.4 Å². The van der Waals surface area contributed by atoms with Gasteiger partial charge < -0.3 is 75.4 Å². The fraction of sp³-hybridized carbons (Fsp3) is 0.597. The Labute approximate surface area is 547 Å². The van der Waals surface area contributed by atoms with Crippen LogP contribution in [-0.2, 0) is 58.9 Å². The predicted octanol–water partition coefficient (Wildman–Crippen LogP) is 6.83. The summed E-state index contributed by atoms with van der Waals surface area (Å²) in [5.41, 5.74) is 2.75. The Morgan fingerprint density at radius 1 is 1.00 bits per heavy atom. The van der Waals surface area contributed by atoms with Crippen molar-refractivity contribution in [2.24, 2.45) is 23.5 Å². The number of rotatable bonds is 25. The minimum absolute atomic E-state index is 0.0315. The zero-order chi connectivity index (χ0) is 67.2. The Balaban J connectivity index is 1.32. The number of ether oxygens (including phenoxy) is 6. The molecular weight excluding hydrogens is 1320 g/mol. The van der Waals surface area contributed by atoms with Crippen molar-refractivity contribution < 1.29 is 81.8 Å². The van der Waals surface area contributed by atoms with Gasteiger partial charge in [0.15, 0.2) is 5.72 Å². The molecule has 2 fully saturated rings. The molecule has 5 rings (SSSR count). The number of allylic oxidation sites excluding steroid dienone is 3. The van der Waals surface area contributed by atoms with Gasteiger partial charge in [0.1, 0.15) is 64.2 Å². The highest BCUT2D eigenvalue weighted by Crippen LogP contribution is 2.49. The van der Waals surface area contributed by atoms with Gasteiger partial charge in [0.25, 0.3) is 5.91 Å². The summed E-state index contributed by atoms with van der Waals surface area (Å²) in [7, 11) is 5.67. The van der Waals surface area contributed by atoms with Crippen LogP contribution in [0.1, 0.15) is 123 Å². The predicted molar refractivity (Wildman–Crippen MR) is 342 cm³/mol. The molecule has 90 heavy (non-hydrogen) atoms. The van der Waals surface area contributed by atoms with Crippen LogP contribution in [0.15, 0.2) is 54.1 Å². The molecule has 0 radical (unpaired) electrons. The van der Waals surface area contributed by atoms with E-state index in [1.165, 1.54) is 52.3 Å². The number of nitrogens with zero attached hydrogens (tertiary/aromatic N) is 2. The molecule has 0 saturated carbocycles. The van der Waals surface area contributed by atoms with E-state index in [0.717, 1.165) is 22.1 Å². The second-order valence-corrected chi connectivity index (χ2v) is 25.9. The minimum atomic E-state index is -1.93. The third-order valence-electron chi connectivity index (χ3n) is 16.3. The van der Waals surface area contributed by atoms with Crippen molar-refractivity contribution in [1.29, 1.82) is 0 Å². The molecule has 9 N–H and O–H groups in total. The Hall–Kier alpha value is -6.52. The summed E-state index contributed by atoms with van der Waals surface area (Å²) in [4.78, 5) is 124. The van der Waals surface area contributed by atoms with Gasteiger partial charge in [0, 0.05) is 62.7 Å². The van der Waals surface area contributed by atoms with Crippen LogP contribution in [0, 0.1) is 17.8 Å². The number of hydrogen-bond donors (Lipinski definition) is 8. The van der Waals surface area contributed by atoms with Crippen molar-refractivity contribution in [2.45, 2.75) is 173 Å². The van der Waals surface area contributed by atoms with Gasteiger partial charge in [0.2, 0.25) is 23.6 Å². The monoisotopic (exact) mass is 1410 g/mol. The van der Waals surface area contributed by atoms with Crippen LogP contribution in [0.3, 0.4) is 0 Å². The summed E-state index contributed by atoms with van der Waals surface area (Å²) in [6, 6.07) is 2.58. The minimum Gasteiger partial charge on any atom is -0.506 e. The molecule has 3 heterocycles. The number of carbonyl (C=O) groups excluding carboxylic acids is 9. The number of phenolic OH excluding ortho intramolecular Hbond substituents is 1. The van der Waals surface area contributed by atoms with E-state index in [0.29, 0.717) is 47.8 Å². The summed E-state index contributed by atoms with van der Waals surface area (Å²) in [6.07, 6.45) is 1.48. The Morgan fingerprint density at radius 2 is 1.69 bits per heavy atom. The number of halogens is 3. The number of anilines is 2. The molecule has 10 atom stereocenters. The van der Waals surface area contributed by atoms with Crippen molar-refractivity contribution in [2.75, 3.05) is 55.7 Å². The van der Waals surface area contributed by atoms with E-state index >= 15 is 0 Å². The van der Waals surface area contributed by atoms with E-state index in [2.05, 4.69) is 58.4 Å². The lowest BCUT2D eigenvalue weighted by Gasteiger charge is -2.42. The number of alkyl carbamates (subject to hydrolysis) is 1. The first kappa shape index (κ1) is 74.2. The summed E-state index contributed by atoms with van der Waals surface area (Å²) in [5, 5.41) is 37.2. The first-order valence-electron chi connectivity index (χ1n) is 29.7. The van der Waals surface area contributed by atoms with E-state index in [-0.39, 0.29) is 60.4 Å². The fourth-order valence-corrected chi connectivity index (χ4v) is 12.5. The van der Waals surface area contributed by atoms with Gasteiger partial charge in [0.05, 0.1) is 36.9 Å². The van der Waals surface area contributed by atoms with E-state index < -0.39 is 131 Å². The highest BCUT2D eigenvalue weighted by atomic mass is 79.9. The number of epoxide rings is 1. The number of aliphatic hydroxyl groups is 1. The Morgan fingerprint density at radius 3 is 2.31 bits per heavy atom. The average Bonchev–Trinajstić information content (AvgIpc) is 1.57. The van der Waals surface area contributed by atoms with Crippen molar-refractivity contribution in [3.8, 4) is 11.5 Å². The molecule has 8 amide bonds. The van der Waals surface area contributed by atoms with Crippen LogP contribution in [0.5, 0.6) is 11.5 Å². The van der Waals surface area contributed by atoms with Crippen LogP contribution in [0.4, 0.5) is 21.0 Å². The third kappa shape index (κ3) is 19.7. The first-order valence-corrected chi connectivity index (χ1v) is 32.3. The summed E-state index contributed by atoms with van der Waals surface area (Å²) < 4.78 is 35.2. The van der Waals surface area contributed by atoms with E-state index in [1.807, 2.05) is 13.0 Å². The topological polar surface area (TPSA) is 345 Å². The van der Waals surface area contributed by atoms with Crippen LogP contribution in [0.25, 0.3) is 0 Å². The number of hydrogen-bond acceptors (Lipinski definition) is 17. The lowest BCUT2D eigenvalue weighted by atomic mass is 9.83. The number of primary amides is 1. The number of fused-ring (bicyclic) bond motifs is 5. The smallest absolute Gasteiger partial charge is 0.409 e. The van der Waals surface area contributed by atoms with Crippen LogP contribution < -0.4 is 42.0 Å².